The van der Waals surface area contributed by atoms with Gasteiger partial charge in [0.2, 0.25) is 0 Å². The van der Waals surface area contributed by atoms with Crippen molar-refractivity contribution in [3.63, 3.8) is 0 Å². The topological polar surface area (TPSA) is 117 Å². The van der Waals surface area contributed by atoms with E-state index in [0.29, 0.717) is 22.3 Å². The molecule has 4 atom stereocenters. The van der Waals surface area contributed by atoms with Crippen molar-refractivity contribution in [3.05, 3.63) is 144 Å². The summed E-state index contributed by atoms with van der Waals surface area (Å²) in [5.41, 5.74) is 4.02. The number of benzene rings is 4. The molecule has 0 saturated carbocycles. The van der Waals surface area contributed by atoms with Crippen molar-refractivity contribution in [2.45, 2.75) is 22.7 Å². The summed E-state index contributed by atoms with van der Waals surface area (Å²) in [4.78, 5) is 57.0. The Morgan fingerprint density at radius 3 is 1.36 bits per heavy atom. The van der Waals surface area contributed by atoms with Crippen LogP contribution in [0.15, 0.2) is 121 Å². The lowest BCUT2D eigenvalue weighted by molar-refractivity contribution is -0.0384. The van der Waals surface area contributed by atoms with E-state index in [9.17, 15) is 19.2 Å². The van der Waals surface area contributed by atoms with Gasteiger partial charge in [0.1, 0.15) is 6.61 Å². The number of hydrogen-bond donors (Lipinski definition) is 1. The number of thioether (sulfide) groups is 1. The van der Waals surface area contributed by atoms with Gasteiger partial charge in [-0.15, -0.1) is 11.8 Å². The maximum absolute atomic E-state index is 13.2. The van der Waals surface area contributed by atoms with Crippen LogP contribution in [-0.2, 0) is 19.0 Å². The van der Waals surface area contributed by atoms with E-state index in [1.165, 1.54) is 11.8 Å². The molecule has 1 fully saturated rings. The summed E-state index contributed by atoms with van der Waals surface area (Å²) in [6.45, 7) is -0.0939. The standard InChI is InChI=1S/C34H29NO8S/c36-31(23-13-5-1-6-14-23)40-22-28-30(42-33(38)25-17-9-3-10-18-25)29(41-32(37)24-15-7-2-8-16-24)27(44-28)21-35-43-34(39)26-19-11-4-12-20-26/h1-20,27-30,35H,21-22H2/t27?,28-,29-,30+/m1/s1. The fraction of sp³-hybridized carbons (Fsp3) is 0.176. The highest BCUT2D eigenvalue weighted by atomic mass is 32.2. The molecule has 9 nitrogen and oxygen atoms in total. The van der Waals surface area contributed by atoms with Crippen LogP contribution in [0.2, 0.25) is 0 Å². The third-order valence-corrected chi connectivity index (χ3v) is 8.30. The first-order chi connectivity index (χ1) is 21.5. The van der Waals surface area contributed by atoms with Crippen LogP contribution in [0.5, 0.6) is 0 Å². The maximum Gasteiger partial charge on any atom is 0.356 e. The minimum atomic E-state index is -0.999. The third kappa shape index (κ3) is 7.91. The maximum atomic E-state index is 13.2. The van der Waals surface area contributed by atoms with Crippen LogP contribution < -0.4 is 5.48 Å². The van der Waals surface area contributed by atoms with E-state index in [-0.39, 0.29) is 13.2 Å². The summed E-state index contributed by atoms with van der Waals surface area (Å²) in [5.74, 6) is -2.38. The summed E-state index contributed by atoms with van der Waals surface area (Å²) < 4.78 is 17.5. The van der Waals surface area contributed by atoms with Crippen molar-refractivity contribution in [2.24, 2.45) is 0 Å². The second-order valence-corrected chi connectivity index (χ2v) is 11.2. The van der Waals surface area contributed by atoms with E-state index in [1.54, 1.807) is 121 Å². The molecule has 1 aliphatic heterocycles. The number of hydroxylamine groups is 1. The molecule has 1 saturated heterocycles. The van der Waals surface area contributed by atoms with Crippen molar-refractivity contribution >= 4 is 35.6 Å². The molecule has 5 rings (SSSR count). The quantitative estimate of drug-likeness (QED) is 0.139. The van der Waals surface area contributed by atoms with Crippen molar-refractivity contribution < 1.29 is 38.2 Å². The predicted molar refractivity (Wildman–Crippen MR) is 163 cm³/mol. The fourth-order valence-electron chi connectivity index (χ4n) is 4.56. The van der Waals surface area contributed by atoms with Gasteiger partial charge in [0, 0.05) is 6.54 Å². The molecule has 0 spiro atoms. The lowest BCUT2D eigenvalue weighted by Gasteiger charge is -2.26. The number of ether oxygens (including phenoxy) is 3. The number of carbonyl (C=O) groups excluding carboxylic acids is 4. The van der Waals surface area contributed by atoms with Crippen LogP contribution in [0.3, 0.4) is 0 Å². The minimum Gasteiger partial charge on any atom is -0.461 e. The monoisotopic (exact) mass is 611 g/mol. The van der Waals surface area contributed by atoms with Crippen molar-refractivity contribution in [2.75, 3.05) is 13.2 Å². The molecule has 1 heterocycles. The molecular weight excluding hydrogens is 582 g/mol. The van der Waals surface area contributed by atoms with Gasteiger partial charge >= 0.3 is 23.9 Å². The van der Waals surface area contributed by atoms with E-state index in [2.05, 4.69) is 5.48 Å². The van der Waals surface area contributed by atoms with Crippen molar-refractivity contribution in [1.29, 1.82) is 0 Å². The number of esters is 3. The van der Waals surface area contributed by atoms with Gasteiger partial charge in [-0.25, -0.2) is 19.2 Å². The molecule has 224 valence electrons. The number of nitrogens with one attached hydrogen (secondary N) is 1. The Morgan fingerprint density at radius 2 is 0.909 bits per heavy atom. The van der Waals surface area contributed by atoms with Crippen LogP contribution >= 0.6 is 11.8 Å². The Morgan fingerprint density at radius 1 is 0.523 bits per heavy atom. The normalized spacial score (nSPS) is 19.0. The van der Waals surface area contributed by atoms with E-state index < -0.39 is 46.6 Å². The molecule has 10 heteroatoms. The van der Waals surface area contributed by atoms with Crippen LogP contribution in [0.4, 0.5) is 0 Å². The van der Waals surface area contributed by atoms with E-state index in [0.717, 1.165) is 0 Å². The molecule has 0 aromatic heterocycles. The van der Waals surface area contributed by atoms with Gasteiger partial charge in [0.15, 0.2) is 12.2 Å². The second-order valence-electron chi connectivity index (χ2n) is 9.75. The fourth-order valence-corrected chi connectivity index (χ4v) is 6.05. The molecule has 1 unspecified atom stereocenters. The number of hydrogen-bond acceptors (Lipinski definition) is 10. The van der Waals surface area contributed by atoms with Gasteiger partial charge in [-0.05, 0) is 48.5 Å². The molecule has 44 heavy (non-hydrogen) atoms. The first kappa shape index (κ1) is 30.5. The molecule has 1 N–H and O–H groups in total. The average Bonchev–Trinajstić information content (AvgIpc) is 3.39. The van der Waals surface area contributed by atoms with E-state index in [4.69, 9.17) is 19.0 Å². The summed E-state index contributed by atoms with van der Waals surface area (Å²) in [6.07, 6.45) is -1.98. The Labute approximate surface area is 258 Å². The van der Waals surface area contributed by atoms with Crippen LogP contribution in [0.1, 0.15) is 41.4 Å². The third-order valence-electron chi connectivity index (χ3n) is 6.76. The highest BCUT2D eigenvalue weighted by molar-refractivity contribution is 8.01. The number of carbonyl (C=O) groups is 4. The highest BCUT2D eigenvalue weighted by Gasteiger charge is 2.49. The van der Waals surface area contributed by atoms with Gasteiger partial charge in [-0.3, -0.25) is 0 Å². The van der Waals surface area contributed by atoms with Crippen LogP contribution in [-0.4, -0.2) is 59.7 Å². The molecule has 0 amide bonds. The van der Waals surface area contributed by atoms with Gasteiger partial charge in [-0.1, -0.05) is 72.8 Å². The molecule has 0 aliphatic carbocycles. The van der Waals surface area contributed by atoms with Gasteiger partial charge in [0.25, 0.3) is 0 Å². The van der Waals surface area contributed by atoms with Crippen molar-refractivity contribution in [1.82, 2.24) is 5.48 Å². The van der Waals surface area contributed by atoms with Gasteiger partial charge in [-0.2, -0.15) is 5.48 Å². The van der Waals surface area contributed by atoms with Gasteiger partial charge in [0.05, 0.1) is 32.8 Å². The van der Waals surface area contributed by atoms with Crippen LogP contribution in [0.25, 0.3) is 0 Å². The zero-order valence-corrected chi connectivity index (χ0v) is 24.3. The zero-order chi connectivity index (χ0) is 30.7. The lowest BCUT2D eigenvalue weighted by atomic mass is 10.1. The van der Waals surface area contributed by atoms with Crippen molar-refractivity contribution in [3.8, 4) is 0 Å². The second kappa shape index (κ2) is 15.0. The molecule has 4 aromatic rings. The minimum absolute atomic E-state index is 0.0402. The molecule has 0 radical (unpaired) electrons. The average molecular weight is 612 g/mol. The molecule has 0 bridgehead atoms. The predicted octanol–water partition coefficient (Wildman–Crippen LogP) is 5.14. The lowest BCUT2D eigenvalue weighted by Crippen LogP contribution is -2.44. The molecule has 4 aromatic carbocycles. The molecule has 1 aliphatic rings. The SMILES string of the molecule is O=C(OC[C@H]1SC(CNOC(=O)c2ccccc2)[C@@H](OC(=O)c2ccccc2)[C@H]1OC(=O)c1ccccc1)c1ccccc1. The Balaban J connectivity index is 1.37. The smallest absolute Gasteiger partial charge is 0.356 e. The zero-order valence-electron chi connectivity index (χ0n) is 23.4. The molecular formula is C34H29NO8S. The summed E-state index contributed by atoms with van der Waals surface area (Å²) >= 11 is 1.30. The largest absolute Gasteiger partial charge is 0.461 e. The van der Waals surface area contributed by atoms with E-state index in [1.807, 2.05) is 0 Å². The van der Waals surface area contributed by atoms with E-state index >= 15 is 0 Å². The highest BCUT2D eigenvalue weighted by Crippen LogP contribution is 2.39. The summed E-state index contributed by atoms with van der Waals surface area (Å²) in [7, 11) is 0. The van der Waals surface area contributed by atoms with Gasteiger partial charge < -0.3 is 19.0 Å². The Hall–Kier alpha value is -4.93. The Bertz CT molecular complexity index is 1550. The summed E-state index contributed by atoms with van der Waals surface area (Å²) in [5, 5.41) is -1.17. The first-order valence-electron chi connectivity index (χ1n) is 13.9. The Kier molecular flexibility index (Phi) is 10.4. The number of rotatable bonds is 11. The summed E-state index contributed by atoms with van der Waals surface area (Å²) in [6, 6.07) is 33.8. The van der Waals surface area contributed by atoms with Crippen LogP contribution in [0, 0.1) is 0 Å². The first-order valence-corrected chi connectivity index (χ1v) is 14.8.